The van der Waals surface area contributed by atoms with Gasteiger partial charge in [-0.3, -0.25) is 9.59 Å². The summed E-state index contributed by atoms with van der Waals surface area (Å²) < 4.78 is 26.7. The number of hydrogen-bond acceptors (Lipinski definition) is 4. The van der Waals surface area contributed by atoms with E-state index >= 15 is 0 Å². The molecule has 0 heterocycles. The molecule has 0 spiro atoms. The minimum atomic E-state index is -3.64. The maximum absolute atomic E-state index is 12.1. The van der Waals surface area contributed by atoms with Gasteiger partial charge in [0.2, 0.25) is 10.0 Å². The molecule has 1 aromatic rings. The molecule has 1 aromatic carbocycles. The van der Waals surface area contributed by atoms with Gasteiger partial charge in [0, 0.05) is 17.5 Å². The van der Waals surface area contributed by atoms with Gasteiger partial charge in [-0.05, 0) is 32.9 Å². The van der Waals surface area contributed by atoms with Crippen LogP contribution in [0.4, 0.5) is 0 Å². The smallest absolute Gasteiger partial charge is 0.303 e. The van der Waals surface area contributed by atoms with E-state index in [4.69, 9.17) is 5.11 Å². The Balaban J connectivity index is 2.87. The zero-order valence-electron chi connectivity index (χ0n) is 12.2. The normalized spacial score (nSPS) is 12.1. The van der Waals surface area contributed by atoms with Gasteiger partial charge in [0.25, 0.3) is 0 Å². The van der Waals surface area contributed by atoms with E-state index in [0.29, 0.717) is 5.56 Å². The fraction of sp³-hybridized carbons (Fsp3) is 0.429. The monoisotopic (exact) mass is 313 g/mol. The van der Waals surface area contributed by atoms with Crippen LogP contribution in [0, 0.1) is 0 Å². The van der Waals surface area contributed by atoms with Crippen LogP contribution in [0.3, 0.4) is 0 Å². The van der Waals surface area contributed by atoms with Gasteiger partial charge in [0.1, 0.15) is 0 Å². The van der Waals surface area contributed by atoms with Gasteiger partial charge in [-0.2, -0.15) is 0 Å². The fourth-order valence-electron chi connectivity index (χ4n) is 1.65. The zero-order valence-corrected chi connectivity index (χ0v) is 13.0. The van der Waals surface area contributed by atoms with E-state index < -0.39 is 21.5 Å². The van der Waals surface area contributed by atoms with E-state index in [-0.39, 0.29) is 23.5 Å². The van der Waals surface area contributed by atoms with Crippen molar-refractivity contribution in [1.82, 2.24) is 4.72 Å². The highest BCUT2D eigenvalue weighted by Gasteiger charge is 2.22. The van der Waals surface area contributed by atoms with Crippen molar-refractivity contribution < 1.29 is 23.1 Å². The number of Topliss-reactive ketones (excluding diaryl/α,β-unsaturated/α-hetero) is 1. The van der Waals surface area contributed by atoms with Crippen LogP contribution in [0.5, 0.6) is 0 Å². The average molecular weight is 313 g/mol. The first-order valence-corrected chi connectivity index (χ1v) is 7.89. The molecule has 0 aromatic heterocycles. The number of carboxylic acid groups (broad SMARTS) is 1. The molecule has 0 bridgehead atoms. The number of hydrogen-bond donors (Lipinski definition) is 2. The molecular formula is C14H19NO5S. The molecule has 1 rings (SSSR count). The molecule has 0 atom stereocenters. The van der Waals surface area contributed by atoms with Crippen molar-refractivity contribution in [2.24, 2.45) is 0 Å². The van der Waals surface area contributed by atoms with E-state index in [9.17, 15) is 18.0 Å². The number of carbonyl (C=O) groups is 2. The molecule has 0 amide bonds. The van der Waals surface area contributed by atoms with Crippen molar-refractivity contribution >= 4 is 21.8 Å². The number of sulfonamides is 1. The van der Waals surface area contributed by atoms with Crippen LogP contribution in [0.2, 0.25) is 0 Å². The third-order valence-electron chi connectivity index (χ3n) is 2.49. The summed E-state index contributed by atoms with van der Waals surface area (Å²) in [6.07, 6.45) is -0.355. The molecule has 0 saturated heterocycles. The van der Waals surface area contributed by atoms with Gasteiger partial charge in [-0.15, -0.1) is 0 Å². The Bertz CT molecular complexity index is 626. The molecular weight excluding hydrogens is 294 g/mol. The van der Waals surface area contributed by atoms with Crippen LogP contribution in [0.25, 0.3) is 0 Å². The Kier molecular flexibility index (Phi) is 5.25. The second-order valence-corrected chi connectivity index (χ2v) is 7.38. The molecule has 0 fully saturated rings. The van der Waals surface area contributed by atoms with Gasteiger partial charge >= 0.3 is 5.97 Å². The van der Waals surface area contributed by atoms with Crippen LogP contribution < -0.4 is 4.72 Å². The van der Waals surface area contributed by atoms with Gasteiger partial charge in [-0.25, -0.2) is 13.1 Å². The average Bonchev–Trinajstić information content (AvgIpc) is 2.33. The lowest BCUT2D eigenvalue weighted by atomic mass is 10.1. The maximum Gasteiger partial charge on any atom is 0.303 e. The van der Waals surface area contributed by atoms with E-state index in [1.807, 2.05) is 0 Å². The highest BCUT2D eigenvalue weighted by atomic mass is 32.2. The van der Waals surface area contributed by atoms with Crippen molar-refractivity contribution in [2.75, 3.05) is 0 Å². The third kappa shape index (κ3) is 5.65. The molecule has 6 nitrogen and oxygen atoms in total. The Morgan fingerprint density at radius 2 is 1.62 bits per heavy atom. The number of benzene rings is 1. The predicted octanol–water partition coefficient (Wildman–Crippen LogP) is 1.81. The third-order valence-corrected chi connectivity index (χ3v) is 4.27. The first-order valence-electron chi connectivity index (χ1n) is 6.40. The molecule has 0 aliphatic heterocycles. The van der Waals surface area contributed by atoms with Crippen LogP contribution in [-0.4, -0.2) is 30.8 Å². The van der Waals surface area contributed by atoms with Crippen LogP contribution >= 0.6 is 0 Å². The van der Waals surface area contributed by atoms with Crippen molar-refractivity contribution in [1.29, 1.82) is 0 Å². The van der Waals surface area contributed by atoms with E-state index in [2.05, 4.69) is 4.72 Å². The molecule has 2 N–H and O–H groups in total. The van der Waals surface area contributed by atoms with Gasteiger partial charge in [0.15, 0.2) is 5.78 Å². The Labute approximate surface area is 124 Å². The first-order chi connectivity index (χ1) is 9.51. The lowest BCUT2D eigenvalue weighted by molar-refractivity contribution is -0.136. The second kappa shape index (κ2) is 6.36. The summed E-state index contributed by atoms with van der Waals surface area (Å²) in [6, 6.07) is 5.45. The van der Waals surface area contributed by atoms with Crippen molar-refractivity contribution in [3.63, 3.8) is 0 Å². The number of rotatable bonds is 6. The number of carbonyl (C=O) groups excluding carboxylic acids is 1. The van der Waals surface area contributed by atoms with Crippen LogP contribution in [0.15, 0.2) is 29.2 Å². The summed E-state index contributed by atoms with van der Waals surface area (Å²) >= 11 is 0. The molecule has 0 aliphatic carbocycles. The van der Waals surface area contributed by atoms with Crippen molar-refractivity contribution in [3.05, 3.63) is 29.8 Å². The Hall–Kier alpha value is -1.73. The Morgan fingerprint density at radius 1 is 1.10 bits per heavy atom. The molecule has 21 heavy (non-hydrogen) atoms. The zero-order chi connectivity index (χ0) is 16.3. The highest BCUT2D eigenvalue weighted by molar-refractivity contribution is 7.89. The van der Waals surface area contributed by atoms with Crippen molar-refractivity contribution in [3.8, 4) is 0 Å². The van der Waals surface area contributed by atoms with Crippen molar-refractivity contribution in [2.45, 2.75) is 44.0 Å². The summed E-state index contributed by atoms with van der Waals surface area (Å²) in [5.41, 5.74) is -0.305. The molecule has 116 valence electrons. The molecule has 7 heteroatoms. The molecule has 0 radical (unpaired) electrons. The minimum Gasteiger partial charge on any atom is -0.481 e. The summed E-state index contributed by atoms with van der Waals surface area (Å²) in [5, 5.41) is 8.53. The van der Waals surface area contributed by atoms with E-state index in [0.717, 1.165) is 0 Å². The summed E-state index contributed by atoms with van der Waals surface area (Å²) in [4.78, 5) is 22.2. The SMILES string of the molecule is CC(C)(C)NS(=O)(=O)c1ccc(C(=O)CCC(=O)O)cc1. The number of carboxylic acids is 1. The lowest BCUT2D eigenvalue weighted by Crippen LogP contribution is -2.40. The summed E-state index contributed by atoms with van der Waals surface area (Å²) in [7, 11) is -3.64. The van der Waals surface area contributed by atoms with Crippen LogP contribution in [0.1, 0.15) is 44.0 Å². The standard InChI is InChI=1S/C14H19NO5S/c1-14(2,3)15-21(19,20)11-6-4-10(5-7-11)12(16)8-9-13(17)18/h4-7,15H,8-9H2,1-3H3,(H,17,18). The van der Waals surface area contributed by atoms with Gasteiger partial charge in [0.05, 0.1) is 11.3 Å². The minimum absolute atomic E-state index is 0.0622. The molecule has 0 aliphatic rings. The van der Waals surface area contributed by atoms with E-state index in [1.165, 1.54) is 24.3 Å². The quantitative estimate of drug-likeness (QED) is 0.780. The molecule has 0 unspecified atom stereocenters. The molecule has 0 saturated carbocycles. The second-order valence-electron chi connectivity index (χ2n) is 5.70. The number of nitrogens with one attached hydrogen (secondary N) is 1. The predicted molar refractivity (Wildman–Crippen MR) is 77.7 cm³/mol. The largest absolute Gasteiger partial charge is 0.481 e. The Morgan fingerprint density at radius 3 is 2.05 bits per heavy atom. The van der Waals surface area contributed by atoms with Gasteiger partial charge in [-0.1, -0.05) is 12.1 Å². The fourth-order valence-corrected chi connectivity index (χ4v) is 3.07. The summed E-state index contributed by atoms with van der Waals surface area (Å²) in [6.45, 7) is 5.19. The van der Waals surface area contributed by atoms with Crippen LogP contribution in [-0.2, 0) is 14.8 Å². The topological polar surface area (TPSA) is 101 Å². The number of aliphatic carboxylic acids is 1. The number of ketones is 1. The first kappa shape index (κ1) is 17.3. The summed E-state index contributed by atoms with van der Waals surface area (Å²) in [5.74, 6) is -1.37. The van der Waals surface area contributed by atoms with Gasteiger partial charge < -0.3 is 5.11 Å². The highest BCUT2D eigenvalue weighted by Crippen LogP contribution is 2.15. The maximum atomic E-state index is 12.1. The lowest BCUT2D eigenvalue weighted by Gasteiger charge is -2.20. The van der Waals surface area contributed by atoms with E-state index in [1.54, 1.807) is 20.8 Å².